The van der Waals surface area contributed by atoms with Crippen LogP contribution in [0.1, 0.15) is 5.56 Å². The number of fused-ring (bicyclic) bond motifs is 1. The minimum atomic E-state index is -0.541. The SMILES string of the molecule is O=c1oc2ccccc2cc1-c1ccc(N=Cc2cc([N+](=O)[O-])ccc2O)cc1. The number of aliphatic imine (C=N–C) groups is 1. The fourth-order valence-corrected chi connectivity index (χ4v) is 2.89. The number of hydrogen-bond donors (Lipinski definition) is 1. The molecule has 1 N–H and O–H groups in total. The number of para-hydroxylation sites is 1. The maximum Gasteiger partial charge on any atom is 0.344 e. The zero-order valence-electron chi connectivity index (χ0n) is 15.0. The van der Waals surface area contributed by atoms with E-state index in [9.17, 15) is 20.0 Å². The van der Waals surface area contributed by atoms with Crippen molar-refractivity contribution in [2.24, 2.45) is 4.99 Å². The Balaban J connectivity index is 1.63. The van der Waals surface area contributed by atoms with Gasteiger partial charge in [-0.1, -0.05) is 30.3 Å². The Morgan fingerprint density at radius 1 is 1.00 bits per heavy atom. The third kappa shape index (κ3) is 3.74. The van der Waals surface area contributed by atoms with Crippen molar-refractivity contribution in [2.75, 3.05) is 0 Å². The van der Waals surface area contributed by atoms with Crippen LogP contribution in [0.4, 0.5) is 11.4 Å². The van der Waals surface area contributed by atoms with Gasteiger partial charge in [0.05, 0.1) is 16.2 Å². The van der Waals surface area contributed by atoms with E-state index in [0.717, 1.165) is 5.39 Å². The summed E-state index contributed by atoms with van der Waals surface area (Å²) in [7, 11) is 0. The van der Waals surface area contributed by atoms with E-state index in [-0.39, 0.29) is 17.0 Å². The molecule has 7 heteroatoms. The summed E-state index contributed by atoms with van der Waals surface area (Å²) in [6.07, 6.45) is 1.35. The number of phenolic OH excluding ortho intramolecular Hbond substituents is 1. The molecule has 0 bridgehead atoms. The molecule has 0 fully saturated rings. The second-order valence-corrected chi connectivity index (χ2v) is 6.29. The topological polar surface area (TPSA) is 106 Å². The minimum absolute atomic E-state index is 0.107. The third-order valence-corrected chi connectivity index (χ3v) is 4.39. The number of rotatable bonds is 4. The lowest BCUT2D eigenvalue weighted by Gasteiger charge is -2.03. The highest BCUT2D eigenvalue weighted by Gasteiger charge is 2.09. The molecule has 7 nitrogen and oxygen atoms in total. The van der Waals surface area contributed by atoms with Crippen molar-refractivity contribution in [1.82, 2.24) is 0 Å². The Kier molecular flexibility index (Phi) is 4.62. The zero-order chi connectivity index (χ0) is 20.4. The summed E-state index contributed by atoms with van der Waals surface area (Å²) in [6.45, 7) is 0. The molecule has 29 heavy (non-hydrogen) atoms. The van der Waals surface area contributed by atoms with Crippen molar-refractivity contribution in [3.8, 4) is 16.9 Å². The molecule has 0 saturated carbocycles. The standard InChI is InChI=1S/C22H14N2O5/c25-20-10-9-18(24(27)28)11-16(20)13-23-17-7-5-14(6-8-17)19-12-15-3-1-2-4-21(15)29-22(19)26/h1-13,25H. The van der Waals surface area contributed by atoms with Gasteiger partial charge in [-0.3, -0.25) is 15.1 Å². The summed E-state index contributed by atoms with van der Waals surface area (Å²) >= 11 is 0. The molecule has 1 heterocycles. The summed E-state index contributed by atoms with van der Waals surface area (Å²) < 4.78 is 5.36. The molecule has 0 spiro atoms. The van der Waals surface area contributed by atoms with Crippen LogP contribution in [-0.2, 0) is 0 Å². The van der Waals surface area contributed by atoms with E-state index in [1.807, 2.05) is 12.1 Å². The first-order chi connectivity index (χ1) is 14.0. The van der Waals surface area contributed by atoms with Gasteiger partial charge in [-0.25, -0.2) is 4.79 Å². The number of phenols is 1. The Hall–Kier alpha value is -4.26. The molecule has 0 unspecified atom stereocenters. The molecular formula is C22H14N2O5. The van der Waals surface area contributed by atoms with Gasteiger partial charge in [0.25, 0.3) is 5.69 Å². The van der Waals surface area contributed by atoms with Gasteiger partial charge in [-0.2, -0.15) is 0 Å². The Morgan fingerprint density at radius 3 is 2.52 bits per heavy atom. The fraction of sp³-hybridized carbons (Fsp3) is 0. The van der Waals surface area contributed by atoms with E-state index in [4.69, 9.17) is 4.42 Å². The van der Waals surface area contributed by atoms with Crippen LogP contribution >= 0.6 is 0 Å². The smallest absolute Gasteiger partial charge is 0.344 e. The number of nitro benzene ring substituents is 1. The van der Waals surface area contributed by atoms with Crippen molar-refractivity contribution in [1.29, 1.82) is 0 Å². The molecule has 0 aliphatic rings. The zero-order valence-corrected chi connectivity index (χ0v) is 15.0. The van der Waals surface area contributed by atoms with E-state index in [2.05, 4.69) is 4.99 Å². The molecule has 142 valence electrons. The summed E-state index contributed by atoms with van der Waals surface area (Å²) in [5, 5.41) is 21.5. The van der Waals surface area contributed by atoms with E-state index in [0.29, 0.717) is 22.4 Å². The van der Waals surface area contributed by atoms with Crippen LogP contribution < -0.4 is 5.63 Å². The molecule has 0 saturated heterocycles. The predicted molar refractivity (Wildman–Crippen MR) is 110 cm³/mol. The molecule has 0 radical (unpaired) electrons. The fourth-order valence-electron chi connectivity index (χ4n) is 2.89. The van der Waals surface area contributed by atoms with Crippen LogP contribution in [0, 0.1) is 10.1 Å². The highest BCUT2D eigenvalue weighted by molar-refractivity contribution is 5.86. The monoisotopic (exact) mass is 386 g/mol. The van der Waals surface area contributed by atoms with Gasteiger partial charge in [-0.15, -0.1) is 0 Å². The molecular weight excluding hydrogens is 372 g/mol. The molecule has 1 aromatic heterocycles. The lowest BCUT2D eigenvalue weighted by atomic mass is 10.1. The summed E-state index contributed by atoms with van der Waals surface area (Å²) in [4.78, 5) is 26.8. The average molecular weight is 386 g/mol. The van der Waals surface area contributed by atoms with Gasteiger partial charge in [-0.05, 0) is 35.9 Å². The van der Waals surface area contributed by atoms with E-state index >= 15 is 0 Å². The van der Waals surface area contributed by atoms with Crippen molar-refractivity contribution in [2.45, 2.75) is 0 Å². The second-order valence-electron chi connectivity index (χ2n) is 6.29. The first kappa shape index (κ1) is 18.1. The third-order valence-electron chi connectivity index (χ3n) is 4.39. The number of benzene rings is 3. The van der Waals surface area contributed by atoms with Gasteiger partial charge < -0.3 is 9.52 Å². The van der Waals surface area contributed by atoms with Gasteiger partial charge in [0.2, 0.25) is 0 Å². The maximum absolute atomic E-state index is 12.3. The maximum atomic E-state index is 12.3. The normalized spacial score (nSPS) is 11.2. The van der Waals surface area contributed by atoms with Crippen LogP contribution in [0.3, 0.4) is 0 Å². The largest absolute Gasteiger partial charge is 0.507 e. The number of hydrogen-bond acceptors (Lipinski definition) is 6. The van der Waals surface area contributed by atoms with Crippen molar-refractivity contribution in [3.05, 3.63) is 98.9 Å². The van der Waals surface area contributed by atoms with E-state index in [1.165, 1.54) is 24.4 Å². The van der Waals surface area contributed by atoms with Crippen LogP contribution in [0.2, 0.25) is 0 Å². The predicted octanol–water partition coefficient (Wildman–Crippen LogP) is 4.82. The molecule has 0 aliphatic carbocycles. The number of aromatic hydroxyl groups is 1. The quantitative estimate of drug-likeness (QED) is 0.234. The summed E-state index contributed by atoms with van der Waals surface area (Å²) in [5.41, 5.74) is 1.88. The van der Waals surface area contributed by atoms with Gasteiger partial charge in [0, 0.05) is 29.3 Å². The highest BCUT2D eigenvalue weighted by Crippen LogP contribution is 2.25. The van der Waals surface area contributed by atoms with Crippen LogP contribution in [0.15, 0.2) is 87.0 Å². The molecule has 4 rings (SSSR count). The number of non-ortho nitro benzene ring substituents is 1. The molecule has 0 atom stereocenters. The summed E-state index contributed by atoms with van der Waals surface area (Å²) in [5.74, 6) is -0.107. The molecule has 4 aromatic rings. The number of nitro groups is 1. The Labute approximate surface area is 164 Å². The van der Waals surface area contributed by atoms with E-state index in [1.54, 1.807) is 42.5 Å². The average Bonchev–Trinajstić information content (AvgIpc) is 2.73. The minimum Gasteiger partial charge on any atom is -0.507 e. The molecule has 3 aromatic carbocycles. The van der Waals surface area contributed by atoms with Crippen LogP contribution in [0.25, 0.3) is 22.1 Å². The highest BCUT2D eigenvalue weighted by atomic mass is 16.6. The lowest BCUT2D eigenvalue weighted by Crippen LogP contribution is -2.02. The number of nitrogens with zero attached hydrogens (tertiary/aromatic N) is 2. The van der Waals surface area contributed by atoms with Crippen LogP contribution in [-0.4, -0.2) is 16.2 Å². The van der Waals surface area contributed by atoms with Gasteiger partial charge in [0.1, 0.15) is 11.3 Å². The first-order valence-corrected chi connectivity index (χ1v) is 8.66. The van der Waals surface area contributed by atoms with Gasteiger partial charge >= 0.3 is 5.63 Å². The molecule has 0 amide bonds. The van der Waals surface area contributed by atoms with Crippen molar-refractivity contribution < 1.29 is 14.4 Å². The Morgan fingerprint density at radius 2 is 1.76 bits per heavy atom. The van der Waals surface area contributed by atoms with Gasteiger partial charge in [0.15, 0.2) is 0 Å². The van der Waals surface area contributed by atoms with Crippen molar-refractivity contribution >= 4 is 28.6 Å². The summed E-state index contributed by atoms with van der Waals surface area (Å²) in [6, 6.07) is 19.6. The van der Waals surface area contributed by atoms with Crippen LogP contribution in [0.5, 0.6) is 5.75 Å². The molecule has 0 aliphatic heterocycles. The Bertz CT molecular complexity index is 1310. The first-order valence-electron chi connectivity index (χ1n) is 8.66. The van der Waals surface area contributed by atoms with Crippen molar-refractivity contribution in [3.63, 3.8) is 0 Å². The second kappa shape index (κ2) is 7.40. The van der Waals surface area contributed by atoms with E-state index < -0.39 is 10.5 Å². The lowest BCUT2D eigenvalue weighted by molar-refractivity contribution is -0.384.